The van der Waals surface area contributed by atoms with Gasteiger partial charge < -0.3 is 9.85 Å². The number of unbranched alkanes of at least 4 members (excludes halogenated alkanes) is 5. The van der Waals surface area contributed by atoms with Crippen LogP contribution in [0.3, 0.4) is 0 Å². The molecule has 0 aliphatic carbocycles. The third-order valence-electron chi connectivity index (χ3n) is 3.41. The summed E-state index contributed by atoms with van der Waals surface area (Å²) in [5, 5.41) is 12.0. The molecule has 0 heterocycles. The predicted octanol–water partition coefficient (Wildman–Crippen LogP) is 4.48. The second kappa shape index (κ2) is 9.00. The maximum absolute atomic E-state index is 12.0. The minimum absolute atomic E-state index is 0.101. The Labute approximate surface area is 102 Å². The molecule has 0 saturated heterocycles. The van der Waals surface area contributed by atoms with E-state index < -0.39 is 0 Å². The molecule has 0 amide bonds. The van der Waals surface area contributed by atoms with Crippen molar-refractivity contribution in [3.63, 3.8) is 0 Å². The summed E-state index contributed by atoms with van der Waals surface area (Å²) in [5.74, 6) is 0. The van der Waals surface area contributed by atoms with Gasteiger partial charge in [0.2, 0.25) is 0 Å². The normalized spacial score (nSPS) is 14.1. The maximum atomic E-state index is 12.0. The zero-order valence-corrected chi connectivity index (χ0v) is 11.8. The molecule has 0 saturated carbocycles. The molecule has 0 radical (unpaired) electrons. The van der Waals surface area contributed by atoms with Gasteiger partial charge in [-0.15, -0.1) is 0 Å². The van der Waals surface area contributed by atoms with E-state index in [0.29, 0.717) is 6.04 Å². The highest BCUT2D eigenvalue weighted by Crippen LogP contribution is 2.19. The van der Waals surface area contributed by atoms with Crippen LogP contribution in [0.2, 0.25) is 0 Å². The van der Waals surface area contributed by atoms with Crippen molar-refractivity contribution >= 4 is 0 Å². The summed E-state index contributed by atoms with van der Waals surface area (Å²) in [6.45, 7) is 4.44. The lowest BCUT2D eigenvalue weighted by atomic mass is 10.0. The third kappa shape index (κ3) is 8.12. The SMILES string of the molecule is CCCCCCC(CCCCC)[N+](C)(C)[O-]. The first-order valence-corrected chi connectivity index (χ1v) is 7.07. The van der Waals surface area contributed by atoms with E-state index in [0.717, 1.165) is 12.8 Å². The molecule has 0 fully saturated rings. The van der Waals surface area contributed by atoms with Gasteiger partial charge in [0.15, 0.2) is 0 Å². The Hall–Kier alpha value is -0.0800. The highest BCUT2D eigenvalue weighted by molar-refractivity contribution is 4.60. The van der Waals surface area contributed by atoms with Gasteiger partial charge in [-0.2, -0.15) is 0 Å². The summed E-state index contributed by atoms with van der Waals surface area (Å²) in [5.41, 5.74) is 0. The smallest absolute Gasteiger partial charge is 0.0883 e. The average molecular weight is 229 g/mol. The van der Waals surface area contributed by atoms with Crippen molar-refractivity contribution in [3.05, 3.63) is 5.21 Å². The molecule has 1 unspecified atom stereocenters. The molecule has 0 aliphatic rings. The second-order valence-electron chi connectivity index (χ2n) is 5.43. The van der Waals surface area contributed by atoms with Crippen molar-refractivity contribution < 1.29 is 4.65 Å². The molecule has 0 N–H and O–H groups in total. The lowest BCUT2D eigenvalue weighted by molar-refractivity contribution is -0.867. The monoisotopic (exact) mass is 229 g/mol. The first-order valence-electron chi connectivity index (χ1n) is 7.07. The third-order valence-corrected chi connectivity index (χ3v) is 3.41. The van der Waals surface area contributed by atoms with Gasteiger partial charge in [0.1, 0.15) is 0 Å². The van der Waals surface area contributed by atoms with Crippen LogP contribution in [0, 0.1) is 5.21 Å². The number of nitrogens with zero attached hydrogens (tertiary/aromatic N) is 1. The zero-order valence-electron chi connectivity index (χ0n) is 11.8. The van der Waals surface area contributed by atoms with E-state index in [1.165, 1.54) is 44.9 Å². The Morgan fingerprint density at radius 1 is 0.812 bits per heavy atom. The van der Waals surface area contributed by atoms with Crippen LogP contribution in [0.25, 0.3) is 0 Å². The molecule has 1 atom stereocenters. The fraction of sp³-hybridized carbons (Fsp3) is 1.00. The van der Waals surface area contributed by atoms with Crippen LogP contribution in [0.4, 0.5) is 0 Å². The van der Waals surface area contributed by atoms with Crippen LogP contribution in [0.15, 0.2) is 0 Å². The molecule has 0 rings (SSSR count). The van der Waals surface area contributed by atoms with Crippen LogP contribution in [-0.4, -0.2) is 24.8 Å². The van der Waals surface area contributed by atoms with E-state index in [9.17, 15) is 5.21 Å². The van der Waals surface area contributed by atoms with Crippen LogP contribution in [-0.2, 0) is 0 Å². The largest absolute Gasteiger partial charge is 0.633 e. The van der Waals surface area contributed by atoms with Crippen LogP contribution in [0.1, 0.15) is 71.6 Å². The highest BCUT2D eigenvalue weighted by atomic mass is 16.5. The first-order chi connectivity index (χ1) is 7.52. The van der Waals surface area contributed by atoms with Gasteiger partial charge in [-0.25, -0.2) is 0 Å². The van der Waals surface area contributed by atoms with Gasteiger partial charge >= 0.3 is 0 Å². The molecular formula is C14H31NO. The summed E-state index contributed by atoms with van der Waals surface area (Å²) in [4.78, 5) is 0. The van der Waals surface area contributed by atoms with Gasteiger partial charge in [-0.05, 0) is 25.7 Å². The minimum atomic E-state index is -0.101. The van der Waals surface area contributed by atoms with Crippen LogP contribution < -0.4 is 0 Å². The Bertz CT molecular complexity index is 151. The molecule has 2 nitrogen and oxygen atoms in total. The maximum Gasteiger partial charge on any atom is 0.0883 e. The lowest BCUT2D eigenvalue weighted by Gasteiger charge is -2.42. The average Bonchev–Trinajstić information content (AvgIpc) is 2.20. The summed E-state index contributed by atoms with van der Waals surface area (Å²) >= 11 is 0. The van der Waals surface area contributed by atoms with E-state index in [1.54, 1.807) is 14.1 Å². The van der Waals surface area contributed by atoms with E-state index in [2.05, 4.69) is 13.8 Å². The molecule has 0 aromatic heterocycles. The first kappa shape index (κ1) is 15.9. The number of hydrogen-bond donors (Lipinski definition) is 0. The van der Waals surface area contributed by atoms with Gasteiger partial charge in [0.25, 0.3) is 0 Å². The summed E-state index contributed by atoms with van der Waals surface area (Å²) in [7, 11) is 3.60. The molecule has 98 valence electrons. The molecule has 0 aromatic rings. The Morgan fingerprint density at radius 3 is 1.69 bits per heavy atom. The molecule has 0 spiro atoms. The molecule has 16 heavy (non-hydrogen) atoms. The van der Waals surface area contributed by atoms with Crippen molar-refractivity contribution in [1.29, 1.82) is 0 Å². The molecule has 0 aromatic carbocycles. The zero-order chi connectivity index (χ0) is 12.4. The van der Waals surface area contributed by atoms with Crippen molar-refractivity contribution in [3.8, 4) is 0 Å². The number of hydroxylamine groups is 3. The van der Waals surface area contributed by atoms with Crippen molar-refractivity contribution in [2.24, 2.45) is 0 Å². The van der Waals surface area contributed by atoms with Gasteiger partial charge in [0, 0.05) is 0 Å². The number of rotatable bonds is 10. The quantitative estimate of drug-likeness (QED) is 0.308. The van der Waals surface area contributed by atoms with Crippen LogP contribution in [0.5, 0.6) is 0 Å². The summed E-state index contributed by atoms with van der Waals surface area (Å²) in [6, 6.07) is 0.323. The topological polar surface area (TPSA) is 23.1 Å². The van der Waals surface area contributed by atoms with Crippen molar-refractivity contribution in [1.82, 2.24) is 0 Å². The lowest BCUT2D eigenvalue weighted by Crippen LogP contribution is -2.43. The standard InChI is InChI=1S/C14H31NO/c1-5-7-9-11-13-14(15(3,4)16)12-10-8-6-2/h14H,5-13H2,1-4H3. The van der Waals surface area contributed by atoms with E-state index in [4.69, 9.17) is 0 Å². The van der Waals surface area contributed by atoms with Crippen molar-refractivity contribution in [2.45, 2.75) is 77.7 Å². The number of quaternary nitrogens is 1. The fourth-order valence-corrected chi connectivity index (χ4v) is 2.20. The second-order valence-corrected chi connectivity index (χ2v) is 5.43. The Kier molecular flexibility index (Phi) is 8.96. The Balaban J connectivity index is 3.82. The summed E-state index contributed by atoms with van der Waals surface area (Å²) in [6.07, 6.45) is 11.1. The predicted molar refractivity (Wildman–Crippen MR) is 72.2 cm³/mol. The molecule has 0 bridgehead atoms. The highest BCUT2D eigenvalue weighted by Gasteiger charge is 2.18. The molecule has 0 aliphatic heterocycles. The van der Waals surface area contributed by atoms with E-state index >= 15 is 0 Å². The fourth-order valence-electron chi connectivity index (χ4n) is 2.20. The number of hydrogen-bond acceptors (Lipinski definition) is 1. The van der Waals surface area contributed by atoms with Gasteiger partial charge in [0.05, 0.1) is 20.1 Å². The van der Waals surface area contributed by atoms with Crippen molar-refractivity contribution in [2.75, 3.05) is 14.1 Å². The van der Waals surface area contributed by atoms with Gasteiger partial charge in [-0.1, -0.05) is 46.0 Å². The summed E-state index contributed by atoms with van der Waals surface area (Å²) < 4.78 is -0.101. The molecule has 2 heteroatoms. The Morgan fingerprint density at radius 2 is 1.25 bits per heavy atom. The molecular weight excluding hydrogens is 198 g/mol. The van der Waals surface area contributed by atoms with E-state index in [1.807, 2.05) is 0 Å². The van der Waals surface area contributed by atoms with E-state index in [-0.39, 0.29) is 4.65 Å². The minimum Gasteiger partial charge on any atom is -0.633 e. The van der Waals surface area contributed by atoms with Crippen LogP contribution >= 0.6 is 0 Å². The van der Waals surface area contributed by atoms with Gasteiger partial charge in [-0.3, -0.25) is 0 Å².